The monoisotopic (exact) mass is 286 g/mol. The molecular weight excluding hydrogens is 260 g/mol. The van der Waals surface area contributed by atoms with Gasteiger partial charge >= 0.3 is 11.9 Å². The first-order valence-electron chi connectivity index (χ1n) is 7.35. The lowest BCUT2D eigenvalue weighted by Gasteiger charge is -2.18. The van der Waals surface area contributed by atoms with Crippen LogP contribution in [0.15, 0.2) is 0 Å². The Bertz CT molecular complexity index is 322. The molecule has 0 heterocycles. The second kappa shape index (κ2) is 7.07. The quantitative estimate of drug-likeness (QED) is 0.570. The number of ether oxygens (including phenoxy) is 1. The van der Waals surface area contributed by atoms with E-state index in [4.69, 9.17) is 14.9 Å². The highest BCUT2D eigenvalue weighted by molar-refractivity contribution is 5.77. The molecule has 0 bridgehead atoms. The summed E-state index contributed by atoms with van der Waals surface area (Å²) in [7, 11) is 0. The Labute approximate surface area is 120 Å². The minimum absolute atomic E-state index is 0.425. The fourth-order valence-electron chi connectivity index (χ4n) is 2.21. The van der Waals surface area contributed by atoms with Gasteiger partial charge in [-0.25, -0.2) is 0 Å². The van der Waals surface area contributed by atoms with E-state index in [-0.39, 0.29) is 0 Å². The van der Waals surface area contributed by atoms with E-state index in [1.807, 2.05) is 0 Å². The summed E-state index contributed by atoms with van der Waals surface area (Å²) in [5, 5.41) is 18.0. The third-order valence-electron chi connectivity index (χ3n) is 4.17. The summed E-state index contributed by atoms with van der Waals surface area (Å²) in [6, 6.07) is 0. The van der Waals surface area contributed by atoms with Crippen molar-refractivity contribution >= 4 is 11.9 Å². The van der Waals surface area contributed by atoms with Crippen LogP contribution in [0.3, 0.4) is 0 Å². The van der Waals surface area contributed by atoms with Crippen LogP contribution >= 0.6 is 0 Å². The second-order valence-electron chi connectivity index (χ2n) is 6.45. The molecular formula is C15H26O5. The number of hydrogen-bond donors (Lipinski definition) is 2. The van der Waals surface area contributed by atoms with E-state index in [9.17, 15) is 9.59 Å². The fraction of sp³-hybridized carbons (Fsp3) is 0.867. The van der Waals surface area contributed by atoms with Gasteiger partial charge in [0.15, 0.2) is 0 Å². The third kappa shape index (κ3) is 5.12. The average molecular weight is 286 g/mol. The van der Waals surface area contributed by atoms with Crippen LogP contribution in [0.1, 0.15) is 58.8 Å². The van der Waals surface area contributed by atoms with Crippen molar-refractivity contribution in [2.75, 3.05) is 13.2 Å². The zero-order valence-electron chi connectivity index (χ0n) is 12.5. The van der Waals surface area contributed by atoms with Gasteiger partial charge in [-0.3, -0.25) is 9.59 Å². The summed E-state index contributed by atoms with van der Waals surface area (Å²) in [6.45, 7) is 4.64. The number of carboxylic acids is 2. The highest BCUT2D eigenvalue weighted by atomic mass is 16.5. The minimum Gasteiger partial charge on any atom is -0.481 e. The van der Waals surface area contributed by atoms with Crippen molar-refractivity contribution in [1.82, 2.24) is 0 Å². The number of hydrogen-bond acceptors (Lipinski definition) is 3. The molecule has 0 spiro atoms. The molecule has 1 fully saturated rings. The SMILES string of the molecule is CC(C)(CCCOCCCCC1(C(=O)O)CC1)C(=O)O. The molecule has 0 aromatic carbocycles. The number of aliphatic carboxylic acids is 2. The largest absolute Gasteiger partial charge is 0.481 e. The summed E-state index contributed by atoms with van der Waals surface area (Å²) in [5.74, 6) is -1.43. The van der Waals surface area contributed by atoms with Crippen LogP contribution in [0.25, 0.3) is 0 Å². The fourth-order valence-corrected chi connectivity index (χ4v) is 2.21. The topological polar surface area (TPSA) is 83.8 Å². The Morgan fingerprint density at radius 2 is 1.70 bits per heavy atom. The van der Waals surface area contributed by atoms with E-state index in [0.29, 0.717) is 19.6 Å². The minimum atomic E-state index is -0.777. The van der Waals surface area contributed by atoms with Crippen LogP contribution in [0.2, 0.25) is 0 Å². The molecule has 2 N–H and O–H groups in total. The van der Waals surface area contributed by atoms with Crippen LogP contribution in [0.5, 0.6) is 0 Å². The van der Waals surface area contributed by atoms with Gasteiger partial charge in [0, 0.05) is 13.2 Å². The molecule has 0 aliphatic heterocycles. The molecule has 0 saturated heterocycles. The van der Waals surface area contributed by atoms with Gasteiger partial charge in [-0.1, -0.05) is 6.42 Å². The Hall–Kier alpha value is -1.10. The first-order valence-corrected chi connectivity index (χ1v) is 7.35. The van der Waals surface area contributed by atoms with Gasteiger partial charge in [-0.15, -0.1) is 0 Å². The molecule has 1 aliphatic carbocycles. The zero-order chi connectivity index (χ0) is 15.2. The molecule has 1 aliphatic rings. The van der Waals surface area contributed by atoms with E-state index in [1.54, 1.807) is 13.8 Å². The molecule has 5 heteroatoms. The second-order valence-corrected chi connectivity index (χ2v) is 6.45. The summed E-state index contributed by atoms with van der Waals surface area (Å²) < 4.78 is 5.46. The lowest BCUT2D eigenvalue weighted by atomic mass is 9.88. The molecule has 1 rings (SSSR count). The normalized spacial score (nSPS) is 16.9. The van der Waals surface area contributed by atoms with E-state index in [1.165, 1.54) is 0 Å². The maximum atomic E-state index is 11.0. The van der Waals surface area contributed by atoms with Crippen LogP contribution < -0.4 is 0 Å². The first kappa shape index (κ1) is 17.0. The van der Waals surface area contributed by atoms with Crippen molar-refractivity contribution in [1.29, 1.82) is 0 Å². The molecule has 0 aromatic heterocycles. The maximum Gasteiger partial charge on any atom is 0.309 e. The Morgan fingerprint density at radius 1 is 1.10 bits per heavy atom. The predicted molar refractivity (Wildman–Crippen MR) is 74.6 cm³/mol. The standard InChI is InChI=1S/C15H26O5/c1-14(2,12(16)17)6-5-11-20-10-4-3-7-15(8-9-15)13(18)19/h3-11H2,1-2H3,(H,16,17)(H,18,19). The van der Waals surface area contributed by atoms with Crippen molar-refractivity contribution in [3.05, 3.63) is 0 Å². The van der Waals surface area contributed by atoms with Crippen molar-refractivity contribution in [3.8, 4) is 0 Å². The zero-order valence-corrected chi connectivity index (χ0v) is 12.5. The number of rotatable bonds is 11. The smallest absolute Gasteiger partial charge is 0.309 e. The van der Waals surface area contributed by atoms with Crippen molar-refractivity contribution < 1.29 is 24.5 Å². The van der Waals surface area contributed by atoms with E-state index < -0.39 is 22.8 Å². The lowest BCUT2D eigenvalue weighted by molar-refractivity contribution is -0.147. The van der Waals surface area contributed by atoms with Gasteiger partial charge in [0.05, 0.1) is 10.8 Å². The molecule has 0 unspecified atom stereocenters. The summed E-state index contributed by atoms with van der Waals surface area (Å²) in [4.78, 5) is 21.9. The summed E-state index contributed by atoms with van der Waals surface area (Å²) >= 11 is 0. The summed E-state index contributed by atoms with van der Waals surface area (Å²) in [6.07, 6.45) is 5.46. The van der Waals surface area contributed by atoms with Gasteiger partial charge in [0.1, 0.15) is 0 Å². The highest BCUT2D eigenvalue weighted by Crippen LogP contribution is 2.49. The number of carboxylic acid groups (broad SMARTS) is 2. The highest BCUT2D eigenvalue weighted by Gasteiger charge is 2.49. The number of carbonyl (C=O) groups is 2. The predicted octanol–water partition coefficient (Wildman–Crippen LogP) is 2.93. The third-order valence-corrected chi connectivity index (χ3v) is 4.17. The van der Waals surface area contributed by atoms with E-state index in [2.05, 4.69) is 0 Å². The molecule has 0 radical (unpaired) electrons. The van der Waals surface area contributed by atoms with E-state index in [0.717, 1.165) is 38.5 Å². The van der Waals surface area contributed by atoms with Gasteiger partial charge in [-0.05, 0) is 52.4 Å². The van der Waals surface area contributed by atoms with Gasteiger partial charge in [0.25, 0.3) is 0 Å². The molecule has 116 valence electrons. The van der Waals surface area contributed by atoms with Crippen LogP contribution in [-0.4, -0.2) is 35.4 Å². The van der Waals surface area contributed by atoms with Gasteiger partial charge < -0.3 is 14.9 Å². The number of unbranched alkanes of at least 4 members (excludes halogenated alkanes) is 1. The molecule has 0 amide bonds. The molecule has 0 atom stereocenters. The first-order chi connectivity index (χ1) is 9.30. The Balaban J connectivity index is 1.96. The van der Waals surface area contributed by atoms with Gasteiger partial charge in [-0.2, -0.15) is 0 Å². The van der Waals surface area contributed by atoms with E-state index >= 15 is 0 Å². The van der Waals surface area contributed by atoms with Crippen LogP contribution in [0, 0.1) is 10.8 Å². The maximum absolute atomic E-state index is 11.0. The van der Waals surface area contributed by atoms with Crippen molar-refractivity contribution in [2.45, 2.75) is 58.8 Å². The molecule has 20 heavy (non-hydrogen) atoms. The van der Waals surface area contributed by atoms with Crippen LogP contribution in [0.4, 0.5) is 0 Å². The molecule has 0 aromatic rings. The lowest BCUT2D eigenvalue weighted by Crippen LogP contribution is -2.23. The van der Waals surface area contributed by atoms with Gasteiger partial charge in [0.2, 0.25) is 0 Å². The average Bonchev–Trinajstić information content (AvgIpc) is 3.13. The molecule has 1 saturated carbocycles. The van der Waals surface area contributed by atoms with Crippen LogP contribution in [-0.2, 0) is 14.3 Å². The molecule has 5 nitrogen and oxygen atoms in total. The Kier molecular flexibility index (Phi) is 5.99. The van der Waals surface area contributed by atoms with Crippen molar-refractivity contribution in [3.63, 3.8) is 0 Å². The summed E-state index contributed by atoms with van der Waals surface area (Å²) in [5.41, 5.74) is -1.12. The van der Waals surface area contributed by atoms with Crippen molar-refractivity contribution in [2.24, 2.45) is 10.8 Å². The Morgan fingerprint density at radius 3 is 2.20 bits per heavy atom.